The summed E-state index contributed by atoms with van der Waals surface area (Å²) in [5.41, 5.74) is 1.22. The summed E-state index contributed by atoms with van der Waals surface area (Å²) in [6.45, 7) is 0.370. The number of nitriles is 1. The van der Waals surface area contributed by atoms with Crippen LogP contribution in [0.3, 0.4) is 0 Å². The van der Waals surface area contributed by atoms with Crippen LogP contribution in [0.4, 0.5) is 5.69 Å². The highest BCUT2D eigenvalue weighted by atomic mass is 16.5. The van der Waals surface area contributed by atoms with Crippen LogP contribution < -0.4 is 10.1 Å². The van der Waals surface area contributed by atoms with E-state index in [0.717, 1.165) is 6.08 Å². The first kappa shape index (κ1) is 12.6. The SMILES string of the molecule is COc1cc(C#N)ccc1NC/C=C/C(=O)O. The molecule has 88 valence electrons. The molecule has 0 saturated carbocycles. The van der Waals surface area contributed by atoms with Crippen LogP contribution in [-0.2, 0) is 4.79 Å². The maximum absolute atomic E-state index is 10.2. The molecule has 0 bridgehead atoms. The molecular formula is C12H12N2O3. The number of carbonyl (C=O) groups is 1. The Bertz CT molecular complexity index is 475. The van der Waals surface area contributed by atoms with Crippen molar-refractivity contribution in [3.05, 3.63) is 35.9 Å². The normalized spacial score (nSPS) is 9.88. The van der Waals surface area contributed by atoms with Crippen LogP contribution in [0.1, 0.15) is 5.56 Å². The number of anilines is 1. The van der Waals surface area contributed by atoms with Crippen LogP contribution in [-0.4, -0.2) is 24.7 Å². The van der Waals surface area contributed by atoms with E-state index in [1.807, 2.05) is 6.07 Å². The van der Waals surface area contributed by atoms with E-state index < -0.39 is 5.97 Å². The third-order valence-electron chi connectivity index (χ3n) is 2.00. The highest BCUT2D eigenvalue weighted by Gasteiger charge is 2.02. The van der Waals surface area contributed by atoms with E-state index >= 15 is 0 Å². The number of benzene rings is 1. The van der Waals surface area contributed by atoms with E-state index in [1.165, 1.54) is 13.2 Å². The van der Waals surface area contributed by atoms with Crippen molar-refractivity contribution in [2.45, 2.75) is 0 Å². The van der Waals surface area contributed by atoms with Gasteiger partial charge in [0, 0.05) is 18.7 Å². The van der Waals surface area contributed by atoms with Gasteiger partial charge in [-0.15, -0.1) is 0 Å². The molecule has 0 spiro atoms. The molecule has 0 aliphatic carbocycles. The highest BCUT2D eigenvalue weighted by molar-refractivity contribution is 5.79. The van der Waals surface area contributed by atoms with Crippen molar-refractivity contribution >= 4 is 11.7 Å². The number of hydrogen-bond donors (Lipinski definition) is 2. The number of nitrogens with one attached hydrogen (secondary N) is 1. The Kier molecular flexibility index (Phi) is 4.58. The predicted molar refractivity (Wildman–Crippen MR) is 63.0 cm³/mol. The minimum absolute atomic E-state index is 0.370. The molecule has 1 aromatic rings. The number of methoxy groups -OCH3 is 1. The van der Waals surface area contributed by atoms with Crippen molar-refractivity contribution < 1.29 is 14.6 Å². The fourth-order valence-corrected chi connectivity index (χ4v) is 1.24. The molecule has 0 aliphatic rings. The molecule has 17 heavy (non-hydrogen) atoms. The van der Waals surface area contributed by atoms with Gasteiger partial charge in [0.1, 0.15) is 5.75 Å². The van der Waals surface area contributed by atoms with Crippen LogP contribution in [0.15, 0.2) is 30.4 Å². The van der Waals surface area contributed by atoms with E-state index in [4.69, 9.17) is 15.1 Å². The summed E-state index contributed by atoms with van der Waals surface area (Å²) in [4.78, 5) is 10.2. The summed E-state index contributed by atoms with van der Waals surface area (Å²) in [5, 5.41) is 20.1. The molecule has 2 N–H and O–H groups in total. The van der Waals surface area contributed by atoms with Crippen molar-refractivity contribution in [2.24, 2.45) is 0 Å². The van der Waals surface area contributed by atoms with Gasteiger partial charge < -0.3 is 15.2 Å². The van der Waals surface area contributed by atoms with Crippen LogP contribution in [0.2, 0.25) is 0 Å². The first-order valence-electron chi connectivity index (χ1n) is 4.89. The molecule has 0 saturated heterocycles. The van der Waals surface area contributed by atoms with Gasteiger partial charge in [-0.3, -0.25) is 0 Å². The standard InChI is InChI=1S/C12H12N2O3/c1-17-11-7-9(8-13)4-5-10(11)14-6-2-3-12(15)16/h2-5,7,14H,6H2,1H3,(H,15,16)/b3-2+. The number of hydrogen-bond acceptors (Lipinski definition) is 4. The largest absolute Gasteiger partial charge is 0.495 e. The van der Waals surface area contributed by atoms with Gasteiger partial charge in [0.15, 0.2) is 0 Å². The highest BCUT2D eigenvalue weighted by Crippen LogP contribution is 2.24. The van der Waals surface area contributed by atoms with Gasteiger partial charge in [0.05, 0.1) is 24.4 Å². The van der Waals surface area contributed by atoms with Crippen LogP contribution in [0, 0.1) is 11.3 Å². The third-order valence-corrected chi connectivity index (χ3v) is 2.00. The number of aliphatic carboxylic acids is 1. The van der Waals surface area contributed by atoms with Crippen molar-refractivity contribution in [2.75, 3.05) is 19.0 Å². The molecule has 0 amide bonds. The first-order chi connectivity index (χ1) is 8.17. The van der Waals surface area contributed by atoms with Crippen LogP contribution in [0.25, 0.3) is 0 Å². The van der Waals surface area contributed by atoms with Gasteiger partial charge in [-0.1, -0.05) is 6.08 Å². The zero-order valence-corrected chi connectivity index (χ0v) is 9.30. The minimum atomic E-state index is -0.987. The molecule has 0 unspecified atom stereocenters. The molecule has 0 aromatic heterocycles. The van der Waals surface area contributed by atoms with E-state index in [-0.39, 0.29) is 0 Å². The first-order valence-corrected chi connectivity index (χ1v) is 4.89. The number of carboxylic acid groups (broad SMARTS) is 1. The fraction of sp³-hybridized carbons (Fsp3) is 0.167. The van der Waals surface area contributed by atoms with Crippen molar-refractivity contribution in [1.29, 1.82) is 5.26 Å². The summed E-state index contributed by atoms with van der Waals surface area (Å²) in [5.74, 6) is -0.439. The van der Waals surface area contributed by atoms with Gasteiger partial charge >= 0.3 is 5.97 Å². The van der Waals surface area contributed by atoms with Gasteiger partial charge in [0.25, 0.3) is 0 Å². The second kappa shape index (κ2) is 6.18. The van der Waals surface area contributed by atoms with E-state index in [2.05, 4.69) is 5.32 Å². The number of ether oxygens (including phenoxy) is 1. The van der Waals surface area contributed by atoms with Crippen LogP contribution >= 0.6 is 0 Å². The Labute approximate surface area is 98.9 Å². The number of carboxylic acids is 1. The molecule has 5 nitrogen and oxygen atoms in total. The summed E-state index contributed by atoms with van der Waals surface area (Å²) < 4.78 is 5.11. The third kappa shape index (κ3) is 3.87. The maximum Gasteiger partial charge on any atom is 0.328 e. The smallest absolute Gasteiger partial charge is 0.328 e. The Balaban J connectivity index is 2.71. The summed E-state index contributed by atoms with van der Waals surface area (Å²) >= 11 is 0. The maximum atomic E-state index is 10.2. The summed E-state index contributed by atoms with van der Waals surface area (Å²) in [6.07, 6.45) is 2.54. The molecular weight excluding hydrogens is 220 g/mol. The summed E-state index contributed by atoms with van der Waals surface area (Å²) in [7, 11) is 1.51. The Morgan fingerprint density at radius 2 is 2.41 bits per heavy atom. The van der Waals surface area contributed by atoms with E-state index in [9.17, 15) is 4.79 Å². The lowest BCUT2D eigenvalue weighted by Gasteiger charge is -2.09. The lowest BCUT2D eigenvalue weighted by molar-refractivity contribution is -0.131. The monoisotopic (exact) mass is 232 g/mol. The van der Waals surface area contributed by atoms with Crippen molar-refractivity contribution in [1.82, 2.24) is 0 Å². The molecule has 1 rings (SSSR count). The molecule has 0 radical (unpaired) electrons. The predicted octanol–water partition coefficient (Wildman–Crippen LogP) is 1.62. The van der Waals surface area contributed by atoms with E-state index in [0.29, 0.717) is 23.5 Å². The van der Waals surface area contributed by atoms with Gasteiger partial charge in [-0.2, -0.15) is 5.26 Å². The second-order valence-corrected chi connectivity index (χ2v) is 3.15. The zero-order valence-electron chi connectivity index (χ0n) is 9.30. The average Bonchev–Trinajstić information content (AvgIpc) is 2.34. The zero-order chi connectivity index (χ0) is 12.7. The Hall–Kier alpha value is -2.48. The lowest BCUT2D eigenvalue weighted by atomic mass is 10.2. The average molecular weight is 232 g/mol. The van der Waals surface area contributed by atoms with Crippen LogP contribution in [0.5, 0.6) is 5.75 Å². The quantitative estimate of drug-likeness (QED) is 0.754. The second-order valence-electron chi connectivity index (χ2n) is 3.15. The van der Waals surface area contributed by atoms with Crippen molar-refractivity contribution in [3.63, 3.8) is 0 Å². The molecule has 0 heterocycles. The molecule has 0 fully saturated rings. The van der Waals surface area contributed by atoms with Gasteiger partial charge in [-0.05, 0) is 12.1 Å². The molecule has 0 atom stereocenters. The topological polar surface area (TPSA) is 82.3 Å². The van der Waals surface area contributed by atoms with Gasteiger partial charge in [-0.25, -0.2) is 4.79 Å². The molecule has 1 aromatic carbocycles. The fourth-order valence-electron chi connectivity index (χ4n) is 1.24. The van der Waals surface area contributed by atoms with Gasteiger partial charge in [0.2, 0.25) is 0 Å². The Morgan fingerprint density at radius 1 is 1.65 bits per heavy atom. The lowest BCUT2D eigenvalue weighted by Crippen LogP contribution is -2.01. The van der Waals surface area contributed by atoms with E-state index in [1.54, 1.807) is 18.2 Å². The minimum Gasteiger partial charge on any atom is -0.495 e. The number of nitrogens with zero attached hydrogens (tertiary/aromatic N) is 1. The summed E-state index contributed by atoms with van der Waals surface area (Å²) in [6, 6.07) is 7.00. The molecule has 0 aliphatic heterocycles. The number of rotatable bonds is 5. The Morgan fingerprint density at radius 3 is 3.00 bits per heavy atom. The molecule has 5 heteroatoms. The van der Waals surface area contributed by atoms with Crippen molar-refractivity contribution in [3.8, 4) is 11.8 Å².